The summed E-state index contributed by atoms with van der Waals surface area (Å²) in [6, 6.07) is 0. The van der Waals surface area contributed by atoms with Crippen LogP contribution in [0.1, 0.15) is 33.6 Å². The smallest absolute Gasteiger partial charge is 0.260 e. The minimum atomic E-state index is -0.00519. The fraction of sp³-hybridized carbons (Fsp3) is 0.727. The summed E-state index contributed by atoms with van der Waals surface area (Å²) >= 11 is 0. The third kappa shape index (κ3) is 3.92. The summed E-state index contributed by atoms with van der Waals surface area (Å²) in [6.45, 7) is 12.3. The van der Waals surface area contributed by atoms with Gasteiger partial charge in [0.1, 0.15) is 0 Å². The molecule has 0 radical (unpaired) electrons. The zero-order chi connectivity index (χ0) is 11.0. The van der Waals surface area contributed by atoms with Gasteiger partial charge in [0.25, 0.3) is 5.91 Å². The van der Waals surface area contributed by atoms with Crippen LogP contribution in [0.25, 0.3) is 0 Å². The Morgan fingerprint density at radius 2 is 1.71 bits per heavy atom. The molecule has 1 amide bonds. The second kappa shape index (κ2) is 7.56. The van der Waals surface area contributed by atoms with Crippen molar-refractivity contribution >= 4 is 5.91 Å². The maximum atomic E-state index is 11.5. The van der Waals surface area contributed by atoms with Gasteiger partial charge in [0, 0.05) is 19.6 Å². The maximum absolute atomic E-state index is 11.5. The van der Waals surface area contributed by atoms with Crippen molar-refractivity contribution in [2.75, 3.05) is 19.6 Å². The summed E-state index contributed by atoms with van der Waals surface area (Å²) in [5, 5.41) is 3.87. The van der Waals surface area contributed by atoms with Crippen molar-refractivity contribution in [3.63, 3.8) is 0 Å². The highest BCUT2D eigenvalue weighted by Gasteiger charge is 2.15. The Labute approximate surface area is 87.4 Å². The molecule has 0 aromatic rings. The second-order valence-corrected chi connectivity index (χ2v) is 3.21. The Morgan fingerprint density at radius 3 is 2.00 bits per heavy atom. The fourth-order valence-corrected chi connectivity index (χ4v) is 1.47. The van der Waals surface area contributed by atoms with Gasteiger partial charge in [-0.15, -0.1) is 0 Å². The highest BCUT2D eigenvalue weighted by molar-refractivity contribution is 5.86. The van der Waals surface area contributed by atoms with E-state index in [9.17, 15) is 4.79 Å². The summed E-state index contributed by atoms with van der Waals surface area (Å²) in [7, 11) is 0. The van der Waals surface area contributed by atoms with Crippen LogP contribution in [0, 0.1) is 0 Å². The zero-order valence-electron chi connectivity index (χ0n) is 9.62. The number of rotatable bonds is 7. The van der Waals surface area contributed by atoms with E-state index in [1.807, 2.05) is 6.92 Å². The summed E-state index contributed by atoms with van der Waals surface area (Å²) in [5.74, 6) is -0.00519. The Kier molecular flexibility index (Phi) is 7.11. The molecule has 82 valence electrons. The summed E-state index contributed by atoms with van der Waals surface area (Å²) < 4.78 is 0. The van der Waals surface area contributed by atoms with Crippen LogP contribution in [0.4, 0.5) is 0 Å². The number of hydrogen-bond donors (Lipinski definition) is 0. The summed E-state index contributed by atoms with van der Waals surface area (Å²) in [6.07, 6.45) is 3.49. The number of carbonyl (C=O) groups is 1. The number of hydrazine groups is 1. The zero-order valence-corrected chi connectivity index (χ0v) is 9.62. The van der Waals surface area contributed by atoms with Crippen LogP contribution in [0.2, 0.25) is 0 Å². The van der Waals surface area contributed by atoms with Gasteiger partial charge in [-0.1, -0.05) is 20.4 Å². The van der Waals surface area contributed by atoms with Gasteiger partial charge in [0.15, 0.2) is 0 Å². The average molecular weight is 198 g/mol. The molecule has 0 bridgehead atoms. The van der Waals surface area contributed by atoms with Crippen molar-refractivity contribution in [1.29, 1.82) is 0 Å². The molecule has 3 nitrogen and oxygen atoms in total. The fourth-order valence-electron chi connectivity index (χ4n) is 1.47. The number of amides is 1. The SMILES string of the molecule is C=CC(=O)N(CC)N(CCC)CCC. The monoisotopic (exact) mass is 198 g/mol. The summed E-state index contributed by atoms with van der Waals surface area (Å²) in [4.78, 5) is 11.5. The van der Waals surface area contributed by atoms with Crippen molar-refractivity contribution in [2.24, 2.45) is 0 Å². The molecule has 0 aliphatic heterocycles. The van der Waals surface area contributed by atoms with Crippen LogP contribution < -0.4 is 0 Å². The highest BCUT2D eigenvalue weighted by atomic mass is 16.2. The molecule has 0 aromatic heterocycles. The Balaban J connectivity index is 4.39. The van der Waals surface area contributed by atoms with Gasteiger partial charge < -0.3 is 0 Å². The maximum Gasteiger partial charge on any atom is 0.260 e. The number of likely N-dealkylation sites (N-methyl/N-ethyl adjacent to an activating group) is 1. The molecular weight excluding hydrogens is 176 g/mol. The molecule has 0 aliphatic carbocycles. The summed E-state index contributed by atoms with van der Waals surface area (Å²) in [5.41, 5.74) is 0. The van der Waals surface area contributed by atoms with Crippen LogP contribution in [-0.2, 0) is 4.79 Å². The van der Waals surface area contributed by atoms with Gasteiger partial charge in [0.2, 0.25) is 0 Å². The molecular formula is C11H22N2O. The quantitative estimate of drug-likeness (QED) is 0.462. The first-order valence-corrected chi connectivity index (χ1v) is 5.39. The predicted molar refractivity (Wildman–Crippen MR) is 59.7 cm³/mol. The van der Waals surface area contributed by atoms with Crippen molar-refractivity contribution in [3.8, 4) is 0 Å². The van der Waals surface area contributed by atoms with Crippen LogP contribution in [0.5, 0.6) is 0 Å². The number of hydrogen-bond acceptors (Lipinski definition) is 2. The highest BCUT2D eigenvalue weighted by Crippen LogP contribution is 2.02. The van der Waals surface area contributed by atoms with Crippen LogP contribution in [0.15, 0.2) is 12.7 Å². The molecule has 0 fully saturated rings. The molecule has 0 N–H and O–H groups in total. The molecule has 14 heavy (non-hydrogen) atoms. The van der Waals surface area contributed by atoms with E-state index in [0.717, 1.165) is 25.9 Å². The third-order valence-corrected chi connectivity index (χ3v) is 2.03. The van der Waals surface area contributed by atoms with Gasteiger partial charge in [-0.2, -0.15) is 0 Å². The minimum Gasteiger partial charge on any atom is -0.272 e. The van der Waals surface area contributed by atoms with E-state index in [1.54, 1.807) is 5.01 Å². The second-order valence-electron chi connectivity index (χ2n) is 3.21. The van der Waals surface area contributed by atoms with E-state index < -0.39 is 0 Å². The molecule has 0 saturated carbocycles. The molecule has 0 saturated heterocycles. The van der Waals surface area contributed by atoms with Gasteiger partial charge >= 0.3 is 0 Å². The molecule has 0 spiro atoms. The van der Waals surface area contributed by atoms with E-state index in [-0.39, 0.29) is 5.91 Å². The van der Waals surface area contributed by atoms with Gasteiger partial charge in [-0.25, -0.2) is 5.01 Å². The van der Waals surface area contributed by atoms with E-state index in [2.05, 4.69) is 25.4 Å². The lowest BCUT2D eigenvalue weighted by molar-refractivity contribution is -0.143. The average Bonchev–Trinajstić information content (AvgIpc) is 2.19. The normalized spacial score (nSPS) is 10.3. The Bertz CT molecular complexity index is 174. The molecule has 0 aromatic carbocycles. The van der Waals surface area contributed by atoms with Crippen LogP contribution >= 0.6 is 0 Å². The van der Waals surface area contributed by atoms with Crippen LogP contribution in [0.3, 0.4) is 0 Å². The topological polar surface area (TPSA) is 23.6 Å². The molecule has 0 heterocycles. The Morgan fingerprint density at radius 1 is 1.21 bits per heavy atom. The third-order valence-electron chi connectivity index (χ3n) is 2.03. The predicted octanol–water partition coefficient (Wildman–Crippen LogP) is 2.06. The van der Waals surface area contributed by atoms with Crippen molar-refractivity contribution in [3.05, 3.63) is 12.7 Å². The lowest BCUT2D eigenvalue weighted by Gasteiger charge is -2.33. The van der Waals surface area contributed by atoms with Gasteiger partial charge in [-0.05, 0) is 25.8 Å². The minimum absolute atomic E-state index is 0.00519. The van der Waals surface area contributed by atoms with Crippen molar-refractivity contribution in [1.82, 2.24) is 10.0 Å². The standard InChI is InChI=1S/C11H22N2O/c1-5-9-12(10-6-2)13(8-4)11(14)7-3/h7H,3,5-6,8-10H2,1-2,4H3. The first-order chi connectivity index (χ1) is 6.71. The first kappa shape index (κ1) is 13.2. The van der Waals surface area contributed by atoms with E-state index in [0.29, 0.717) is 6.54 Å². The molecule has 0 aliphatic rings. The number of nitrogens with zero attached hydrogens (tertiary/aromatic N) is 2. The van der Waals surface area contributed by atoms with Crippen LogP contribution in [-0.4, -0.2) is 35.6 Å². The van der Waals surface area contributed by atoms with E-state index in [1.165, 1.54) is 6.08 Å². The largest absolute Gasteiger partial charge is 0.272 e. The van der Waals surface area contributed by atoms with Gasteiger partial charge in [-0.3, -0.25) is 9.80 Å². The van der Waals surface area contributed by atoms with E-state index in [4.69, 9.17) is 0 Å². The Hall–Kier alpha value is -0.830. The number of carbonyl (C=O) groups excluding carboxylic acids is 1. The van der Waals surface area contributed by atoms with Crippen molar-refractivity contribution in [2.45, 2.75) is 33.6 Å². The molecule has 0 unspecified atom stereocenters. The molecule has 3 heteroatoms. The lowest BCUT2D eigenvalue weighted by Crippen LogP contribution is -2.46. The molecule has 0 rings (SSSR count). The lowest BCUT2D eigenvalue weighted by atomic mass is 10.4. The van der Waals surface area contributed by atoms with Crippen molar-refractivity contribution < 1.29 is 4.79 Å². The van der Waals surface area contributed by atoms with E-state index >= 15 is 0 Å². The van der Waals surface area contributed by atoms with Gasteiger partial charge in [0.05, 0.1) is 0 Å². The molecule has 0 atom stereocenters. The first-order valence-electron chi connectivity index (χ1n) is 5.39.